The molecular formula is C40H34O8S. The molecule has 0 amide bonds. The zero-order valence-corrected chi connectivity index (χ0v) is 27.9. The molecule has 0 aliphatic carbocycles. The minimum atomic E-state index is -0.871. The summed E-state index contributed by atoms with van der Waals surface area (Å²) in [4.78, 5) is 55.9. The Labute approximate surface area is 289 Å². The van der Waals surface area contributed by atoms with Crippen LogP contribution in [0.15, 0.2) is 126 Å². The van der Waals surface area contributed by atoms with Crippen LogP contribution >= 0.6 is 11.8 Å². The highest BCUT2D eigenvalue weighted by molar-refractivity contribution is 7.98. The van der Waals surface area contributed by atoms with Crippen LogP contribution in [-0.4, -0.2) is 30.1 Å². The fourth-order valence-corrected chi connectivity index (χ4v) is 5.92. The van der Waals surface area contributed by atoms with E-state index in [0.717, 1.165) is 34.0 Å². The van der Waals surface area contributed by atoms with Crippen LogP contribution in [0, 0.1) is 6.92 Å². The first-order valence-corrected chi connectivity index (χ1v) is 16.7. The topological polar surface area (TPSA) is 105 Å². The minimum absolute atomic E-state index is 0.0206. The lowest BCUT2D eigenvalue weighted by Gasteiger charge is -2.22. The van der Waals surface area contributed by atoms with Crippen LogP contribution in [0.1, 0.15) is 69.2 Å². The van der Waals surface area contributed by atoms with Crippen LogP contribution in [0.25, 0.3) is 0 Å². The Morgan fingerprint density at radius 2 is 0.673 bits per heavy atom. The van der Waals surface area contributed by atoms with Crippen LogP contribution in [0.2, 0.25) is 0 Å². The van der Waals surface area contributed by atoms with E-state index in [2.05, 4.69) is 0 Å². The van der Waals surface area contributed by atoms with Gasteiger partial charge in [-0.05, 0) is 41.0 Å². The highest BCUT2D eigenvalue weighted by atomic mass is 32.2. The molecular weight excluding hydrogens is 640 g/mol. The molecule has 0 saturated carbocycles. The van der Waals surface area contributed by atoms with E-state index in [1.807, 2.05) is 72.8 Å². The normalized spacial score (nSPS) is 10.6. The maximum Gasteiger partial charge on any atom is 0.340 e. The van der Waals surface area contributed by atoms with Crippen molar-refractivity contribution < 1.29 is 38.1 Å². The van der Waals surface area contributed by atoms with E-state index in [9.17, 15) is 19.2 Å². The van der Waals surface area contributed by atoms with Crippen molar-refractivity contribution in [3.8, 4) is 0 Å². The number of hydrogen-bond donors (Lipinski definition) is 0. The fourth-order valence-electron chi connectivity index (χ4n) is 5.14. The lowest BCUT2D eigenvalue weighted by atomic mass is 9.91. The van der Waals surface area contributed by atoms with Gasteiger partial charge in [0, 0.05) is 4.90 Å². The Hall–Kier alpha value is -5.67. The predicted molar refractivity (Wildman–Crippen MR) is 185 cm³/mol. The number of carbonyl (C=O) groups is 4. The summed E-state index contributed by atoms with van der Waals surface area (Å²) in [6.07, 6.45) is 1.63. The number of thioether (sulfide) groups is 1. The van der Waals surface area contributed by atoms with Gasteiger partial charge in [0.15, 0.2) is 0 Å². The first kappa shape index (κ1) is 34.7. The highest BCUT2D eigenvalue weighted by Crippen LogP contribution is 2.37. The van der Waals surface area contributed by atoms with Gasteiger partial charge in [0.1, 0.15) is 26.4 Å². The monoisotopic (exact) mass is 674 g/mol. The molecule has 49 heavy (non-hydrogen) atoms. The summed E-state index contributed by atoms with van der Waals surface area (Å²) in [5, 5.41) is 0. The van der Waals surface area contributed by atoms with Crippen molar-refractivity contribution in [2.45, 2.75) is 38.2 Å². The molecule has 0 fully saturated rings. The Bertz CT molecular complexity index is 1770. The summed E-state index contributed by atoms with van der Waals surface area (Å²) in [7, 11) is 0. The first-order valence-electron chi connectivity index (χ1n) is 15.5. The van der Waals surface area contributed by atoms with Gasteiger partial charge in [-0.15, -0.1) is 11.8 Å². The van der Waals surface area contributed by atoms with Crippen LogP contribution in [0.4, 0.5) is 0 Å². The molecule has 248 valence electrons. The average Bonchev–Trinajstić information content (AvgIpc) is 3.15. The number of rotatable bonds is 13. The van der Waals surface area contributed by atoms with Crippen molar-refractivity contribution in [3.63, 3.8) is 0 Å². The van der Waals surface area contributed by atoms with E-state index in [-0.39, 0.29) is 59.1 Å². The molecule has 9 heteroatoms. The molecule has 5 aromatic rings. The molecule has 0 unspecified atom stereocenters. The van der Waals surface area contributed by atoms with Gasteiger partial charge in [-0.25, -0.2) is 19.2 Å². The standard InChI is InChI=1S/C40H34O8S/c1-27-32(37(41)45-23-28-15-7-3-8-16-28)34(39(43)47-25-30-19-11-5-12-20-30)36(49-2)35(40(44)48-26-31-21-13-6-14-22-31)33(27)38(42)46-24-29-17-9-4-10-18-29/h3-22H,23-26H2,1-2H3. The van der Waals surface area contributed by atoms with Crippen LogP contribution < -0.4 is 0 Å². The Morgan fingerprint density at radius 1 is 0.429 bits per heavy atom. The second-order valence-corrected chi connectivity index (χ2v) is 11.7. The molecule has 0 N–H and O–H groups in total. The quantitative estimate of drug-likeness (QED) is 0.0695. The molecule has 5 aromatic carbocycles. The maximum absolute atomic E-state index is 14.0. The molecule has 0 saturated heterocycles. The molecule has 0 aliphatic heterocycles. The van der Waals surface area contributed by atoms with Crippen molar-refractivity contribution in [1.29, 1.82) is 0 Å². The largest absolute Gasteiger partial charge is 0.457 e. The Kier molecular flexibility index (Phi) is 12.0. The lowest BCUT2D eigenvalue weighted by Crippen LogP contribution is -2.25. The predicted octanol–water partition coefficient (Wildman–Crippen LogP) is 8.14. The van der Waals surface area contributed by atoms with E-state index in [1.54, 1.807) is 54.8 Å². The average molecular weight is 675 g/mol. The highest BCUT2D eigenvalue weighted by Gasteiger charge is 2.36. The summed E-state index contributed by atoms with van der Waals surface area (Å²) in [5.41, 5.74) is 2.08. The van der Waals surface area contributed by atoms with Gasteiger partial charge in [0.2, 0.25) is 0 Å². The van der Waals surface area contributed by atoms with E-state index >= 15 is 0 Å². The van der Waals surface area contributed by atoms with Gasteiger partial charge in [-0.3, -0.25) is 0 Å². The molecule has 0 radical (unpaired) electrons. The zero-order chi connectivity index (χ0) is 34.6. The van der Waals surface area contributed by atoms with E-state index in [4.69, 9.17) is 18.9 Å². The molecule has 0 aliphatic rings. The second-order valence-electron chi connectivity index (χ2n) is 10.9. The van der Waals surface area contributed by atoms with Crippen LogP contribution in [0.3, 0.4) is 0 Å². The van der Waals surface area contributed by atoms with Crippen LogP contribution in [0.5, 0.6) is 0 Å². The van der Waals surface area contributed by atoms with E-state index in [0.29, 0.717) is 0 Å². The number of benzene rings is 5. The number of ether oxygens (including phenoxy) is 4. The summed E-state index contributed by atoms with van der Waals surface area (Å²) in [6.45, 7) is 1.09. The summed E-state index contributed by atoms with van der Waals surface area (Å²) in [6, 6.07) is 36.2. The lowest BCUT2D eigenvalue weighted by molar-refractivity contribution is 0.0401. The second kappa shape index (κ2) is 16.9. The van der Waals surface area contributed by atoms with Crippen molar-refractivity contribution in [3.05, 3.63) is 171 Å². The van der Waals surface area contributed by atoms with Crippen molar-refractivity contribution in [2.75, 3.05) is 6.26 Å². The minimum Gasteiger partial charge on any atom is -0.457 e. The third-order valence-corrected chi connectivity index (χ3v) is 8.39. The molecule has 5 rings (SSSR count). The SMILES string of the molecule is CSc1c(C(=O)OCc2ccccc2)c(C(=O)OCc2ccccc2)c(C)c(C(=O)OCc2ccccc2)c1C(=O)OCc1ccccc1. The molecule has 0 spiro atoms. The van der Waals surface area contributed by atoms with Gasteiger partial charge in [0.25, 0.3) is 0 Å². The fraction of sp³-hybridized carbons (Fsp3) is 0.150. The smallest absolute Gasteiger partial charge is 0.340 e. The van der Waals surface area contributed by atoms with Gasteiger partial charge in [-0.1, -0.05) is 121 Å². The summed E-state index contributed by atoms with van der Waals surface area (Å²) in [5.74, 6) is -3.48. The van der Waals surface area contributed by atoms with Crippen molar-refractivity contribution >= 4 is 35.6 Å². The Balaban J connectivity index is 1.62. The Morgan fingerprint density at radius 3 is 0.918 bits per heavy atom. The van der Waals surface area contributed by atoms with E-state index in [1.165, 1.54) is 6.92 Å². The van der Waals surface area contributed by atoms with E-state index < -0.39 is 23.9 Å². The van der Waals surface area contributed by atoms with Gasteiger partial charge < -0.3 is 18.9 Å². The van der Waals surface area contributed by atoms with Crippen LogP contribution in [-0.2, 0) is 45.4 Å². The van der Waals surface area contributed by atoms with Crippen molar-refractivity contribution in [1.82, 2.24) is 0 Å². The van der Waals surface area contributed by atoms with Gasteiger partial charge >= 0.3 is 23.9 Å². The van der Waals surface area contributed by atoms with Gasteiger partial charge in [-0.2, -0.15) is 0 Å². The zero-order valence-electron chi connectivity index (χ0n) is 27.0. The third-order valence-electron chi connectivity index (χ3n) is 7.58. The molecule has 0 atom stereocenters. The summed E-state index contributed by atoms with van der Waals surface area (Å²) < 4.78 is 22.8. The van der Waals surface area contributed by atoms with Gasteiger partial charge in [0.05, 0.1) is 22.3 Å². The molecule has 0 aromatic heterocycles. The van der Waals surface area contributed by atoms with Crippen molar-refractivity contribution in [2.24, 2.45) is 0 Å². The maximum atomic E-state index is 14.0. The number of carbonyl (C=O) groups excluding carboxylic acids is 4. The number of hydrogen-bond acceptors (Lipinski definition) is 9. The summed E-state index contributed by atoms with van der Waals surface area (Å²) >= 11 is 1.01. The molecule has 0 bridgehead atoms. The number of esters is 4. The molecule has 8 nitrogen and oxygen atoms in total. The third kappa shape index (κ3) is 8.82. The first-order chi connectivity index (χ1) is 23.9. The molecule has 0 heterocycles.